The van der Waals surface area contributed by atoms with Gasteiger partial charge >= 0.3 is 5.97 Å². The van der Waals surface area contributed by atoms with Gasteiger partial charge in [0.05, 0.1) is 5.56 Å². The largest absolute Gasteiger partial charge is 0.481 e. The van der Waals surface area contributed by atoms with E-state index in [0.29, 0.717) is 30.0 Å². The van der Waals surface area contributed by atoms with Gasteiger partial charge in [-0.3, -0.25) is 4.79 Å². The molecule has 0 spiro atoms. The van der Waals surface area contributed by atoms with Crippen molar-refractivity contribution in [3.63, 3.8) is 0 Å². The molecule has 2 aromatic carbocycles. The first-order valence-electron chi connectivity index (χ1n) is 8.84. The van der Waals surface area contributed by atoms with E-state index in [1.807, 2.05) is 12.1 Å². The van der Waals surface area contributed by atoms with Crippen LogP contribution in [-0.4, -0.2) is 36.5 Å². The lowest BCUT2D eigenvalue weighted by Gasteiger charge is -2.23. The van der Waals surface area contributed by atoms with Gasteiger partial charge in [0.25, 0.3) is 5.91 Å². The standard InChI is InChI=1S/C21H20N2O4/c22-14-17-10-4-5-11-18(17)26-15-19(24)27-20(16-8-2-1-3-9-16)21(25)23-12-6-7-13-23/h1-5,8-11,20H,6-7,12-13,15H2/t20-/m0/s1. The maximum atomic E-state index is 12.8. The number of hydrogen-bond donors (Lipinski definition) is 0. The molecule has 6 nitrogen and oxygen atoms in total. The predicted molar refractivity (Wildman–Crippen MR) is 97.7 cm³/mol. The summed E-state index contributed by atoms with van der Waals surface area (Å²) >= 11 is 0. The number of ether oxygens (including phenoxy) is 2. The lowest BCUT2D eigenvalue weighted by Crippen LogP contribution is -2.35. The molecule has 6 heteroatoms. The zero-order valence-corrected chi connectivity index (χ0v) is 14.8. The molecule has 27 heavy (non-hydrogen) atoms. The summed E-state index contributed by atoms with van der Waals surface area (Å²) in [5.41, 5.74) is 0.957. The Balaban J connectivity index is 1.69. The fraction of sp³-hybridized carbons (Fsp3) is 0.286. The molecule has 0 radical (unpaired) electrons. The summed E-state index contributed by atoms with van der Waals surface area (Å²) in [6, 6.07) is 17.6. The molecular formula is C21H20N2O4. The van der Waals surface area contributed by atoms with E-state index in [-0.39, 0.29) is 12.5 Å². The quantitative estimate of drug-likeness (QED) is 0.737. The molecule has 0 N–H and O–H groups in total. The summed E-state index contributed by atoms with van der Waals surface area (Å²) in [5, 5.41) is 9.08. The van der Waals surface area contributed by atoms with Crippen LogP contribution in [0.5, 0.6) is 5.75 Å². The number of likely N-dealkylation sites (tertiary alicyclic amines) is 1. The zero-order chi connectivity index (χ0) is 19.1. The molecule has 1 atom stereocenters. The van der Waals surface area contributed by atoms with E-state index in [0.717, 1.165) is 12.8 Å². The van der Waals surface area contributed by atoms with E-state index in [1.54, 1.807) is 53.4 Å². The number of hydrogen-bond acceptors (Lipinski definition) is 5. The molecule has 2 aromatic rings. The van der Waals surface area contributed by atoms with Crippen molar-refractivity contribution in [3.8, 4) is 11.8 Å². The minimum atomic E-state index is -0.994. The Labute approximate surface area is 157 Å². The van der Waals surface area contributed by atoms with Crippen molar-refractivity contribution in [2.75, 3.05) is 19.7 Å². The number of carbonyl (C=O) groups excluding carboxylic acids is 2. The number of benzene rings is 2. The average Bonchev–Trinajstić information content (AvgIpc) is 3.25. The highest BCUT2D eigenvalue weighted by molar-refractivity contribution is 5.85. The zero-order valence-electron chi connectivity index (χ0n) is 14.8. The van der Waals surface area contributed by atoms with Crippen LogP contribution in [0.2, 0.25) is 0 Å². The summed E-state index contributed by atoms with van der Waals surface area (Å²) in [6.07, 6.45) is 0.913. The minimum Gasteiger partial charge on any atom is -0.481 e. The third-order valence-electron chi connectivity index (χ3n) is 4.35. The highest BCUT2D eigenvalue weighted by atomic mass is 16.6. The lowest BCUT2D eigenvalue weighted by atomic mass is 10.1. The Hall–Kier alpha value is -3.33. The van der Waals surface area contributed by atoms with Gasteiger partial charge in [0, 0.05) is 18.7 Å². The summed E-state index contributed by atoms with van der Waals surface area (Å²) in [4.78, 5) is 26.9. The Morgan fingerprint density at radius 2 is 1.70 bits per heavy atom. The normalized spacial score (nSPS) is 14.3. The van der Waals surface area contributed by atoms with Gasteiger partial charge in [-0.25, -0.2) is 4.79 Å². The van der Waals surface area contributed by atoms with E-state index in [9.17, 15) is 9.59 Å². The molecule has 0 saturated carbocycles. The van der Waals surface area contributed by atoms with Crippen LogP contribution in [0.1, 0.15) is 30.1 Å². The molecule has 1 fully saturated rings. The molecule has 1 aliphatic rings. The number of esters is 1. The Morgan fingerprint density at radius 1 is 1.04 bits per heavy atom. The van der Waals surface area contributed by atoms with Crippen molar-refractivity contribution < 1.29 is 19.1 Å². The van der Waals surface area contributed by atoms with E-state index in [4.69, 9.17) is 14.7 Å². The van der Waals surface area contributed by atoms with Crippen molar-refractivity contribution in [1.29, 1.82) is 5.26 Å². The van der Waals surface area contributed by atoms with Crippen LogP contribution in [0.4, 0.5) is 0 Å². The van der Waals surface area contributed by atoms with Gasteiger partial charge in [0.15, 0.2) is 6.61 Å². The second kappa shape index (κ2) is 8.86. The maximum Gasteiger partial charge on any atom is 0.345 e. The number of amides is 1. The summed E-state index contributed by atoms with van der Waals surface area (Å²) in [7, 11) is 0. The highest BCUT2D eigenvalue weighted by Gasteiger charge is 2.31. The van der Waals surface area contributed by atoms with Crippen LogP contribution in [0.15, 0.2) is 54.6 Å². The molecule has 0 unspecified atom stereocenters. The second-order valence-corrected chi connectivity index (χ2v) is 6.21. The molecule has 0 aliphatic carbocycles. The van der Waals surface area contributed by atoms with Crippen molar-refractivity contribution in [2.24, 2.45) is 0 Å². The van der Waals surface area contributed by atoms with E-state index >= 15 is 0 Å². The minimum absolute atomic E-state index is 0.218. The lowest BCUT2D eigenvalue weighted by molar-refractivity contribution is -0.162. The Bertz CT molecular complexity index is 839. The van der Waals surface area contributed by atoms with Gasteiger partial charge in [0.2, 0.25) is 6.10 Å². The molecule has 1 amide bonds. The molecule has 0 aromatic heterocycles. The van der Waals surface area contributed by atoms with Crippen LogP contribution in [-0.2, 0) is 14.3 Å². The molecule has 1 heterocycles. The summed E-state index contributed by atoms with van der Waals surface area (Å²) < 4.78 is 10.9. The maximum absolute atomic E-state index is 12.8. The number of nitriles is 1. The number of rotatable bonds is 6. The van der Waals surface area contributed by atoms with Gasteiger partial charge < -0.3 is 14.4 Å². The fourth-order valence-corrected chi connectivity index (χ4v) is 2.98. The predicted octanol–water partition coefficient (Wildman–Crippen LogP) is 2.84. The van der Waals surface area contributed by atoms with Gasteiger partial charge in [0.1, 0.15) is 11.8 Å². The average molecular weight is 364 g/mol. The topological polar surface area (TPSA) is 79.6 Å². The monoisotopic (exact) mass is 364 g/mol. The van der Waals surface area contributed by atoms with Crippen LogP contribution in [0.3, 0.4) is 0 Å². The van der Waals surface area contributed by atoms with Crippen LogP contribution < -0.4 is 4.74 Å². The number of para-hydroxylation sites is 1. The second-order valence-electron chi connectivity index (χ2n) is 6.21. The van der Waals surface area contributed by atoms with Gasteiger partial charge in [-0.2, -0.15) is 5.26 Å². The van der Waals surface area contributed by atoms with Gasteiger partial charge in [-0.05, 0) is 25.0 Å². The van der Waals surface area contributed by atoms with Crippen molar-refractivity contribution in [3.05, 3.63) is 65.7 Å². The first-order valence-corrected chi connectivity index (χ1v) is 8.84. The van der Waals surface area contributed by atoms with E-state index < -0.39 is 12.1 Å². The molecule has 3 rings (SSSR count). The molecule has 1 saturated heterocycles. The first kappa shape index (κ1) is 18.5. The third-order valence-corrected chi connectivity index (χ3v) is 4.35. The molecular weight excluding hydrogens is 344 g/mol. The number of nitrogens with zero attached hydrogens (tertiary/aromatic N) is 2. The SMILES string of the molecule is N#Cc1ccccc1OCC(=O)O[C@H](C(=O)N1CCCC1)c1ccccc1. The number of carbonyl (C=O) groups is 2. The summed E-state index contributed by atoms with van der Waals surface area (Å²) in [6.45, 7) is 0.965. The smallest absolute Gasteiger partial charge is 0.345 e. The van der Waals surface area contributed by atoms with E-state index in [1.165, 1.54) is 0 Å². The van der Waals surface area contributed by atoms with Crippen LogP contribution >= 0.6 is 0 Å². The van der Waals surface area contributed by atoms with Crippen LogP contribution in [0, 0.1) is 11.3 Å². The van der Waals surface area contributed by atoms with Crippen molar-refractivity contribution in [1.82, 2.24) is 4.90 Å². The fourth-order valence-electron chi connectivity index (χ4n) is 2.98. The molecule has 138 valence electrons. The Morgan fingerprint density at radius 3 is 2.41 bits per heavy atom. The van der Waals surface area contributed by atoms with Crippen molar-refractivity contribution >= 4 is 11.9 Å². The third kappa shape index (κ3) is 4.64. The molecule has 1 aliphatic heterocycles. The van der Waals surface area contributed by atoms with Crippen LogP contribution in [0.25, 0.3) is 0 Å². The highest BCUT2D eigenvalue weighted by Crippen LogP contribution is 2.23. The Kier molecular flexibility index (Phi) is 6.06. The van der Waals surface area contributed by atoms with Crippen molar-refractivity contribution in [2.45, 2.75) is 18.9 Å². The summed E-state index contributed by atoms with van der Waals surface area (Å²) in [5.74, 6) is -0.576. The van der Waals surface area contributed by atoms with Gasteiger partial charge in [-0.1, -0.05) is 42.5 Å². The van der Waals surface area contributed by atoms with E-state index in [2.05, 4.69) is 0 Å². The van der Waals surface area contributed by atoms with Gasteiger partial charge in [-0.15, -0.1) is 0 Å². The molecule has 0 bridgehead atoms. The first-order chi connectivity index (χ1) is 13.2.